The number of alkyl halides is 3. The lowest BCUT2D eigenvalue weighted by Gasteiger charge is -2.33. The van der Waals surface area contributed by atoms with Gasteiger partial charge in [0.05, 0.1) is 5.25 Å². The molecule has 2 aliphatic heterocycles. The van der Waals surface area contributed by atoms with Gasteiger partial charge in [-0.1, -0.05) is 36.3 Å². The Morgan fingerprint density at radius 1 is 1.23 bits per heavy atom. The first kappa shape index (κ1) is 15.6. The summed E-state index contributed by atoms with van der Waals surface area (Å²) in [5.41, 5.74) is 1.60. The second kappa shape index (κ2) is 6.07. The minimum atomic E-state index is -4.69. The molecule has 0 aliphatic carbocycles. The number of hydrogen-bond acceptors (Lipinski definition) is 2. The Morgan fingerprint density at radius 2 is 2.00 bits per heavy atom. The average Bonchev–Trinajstić information content (AvgIpc) is 2.40. The third-order valence-electron chi connectivity index (χ3n) is 4.17. The van der Waals surface area contributed by atoms with Crippen LogP contribution < -0.4 is 4.74 Å². The number of fused-ring (bicyclic) bond motifs is 2. The Hall–Kier alpha value is -1.30. The largest absolute Gasteiger partial charge is 0.573 e. The average molecular weight is 330 g/mol. The third-order valence-corrected chi connectivity index (χ3v) is 6.20. The van der Waals surface area contributed by atoms with Crippen LogP contribution >= 0.6 is 0 Å². The van der Waals surface area contributed by atoms with Crippen molar-refractivity contribution >= 4 is 10.8 Å². The molecule has 2 bridgehead atoms. The van der Waals surface area contributed by atoms with Gasteiger partial charge in [-0.25, -0.2) is 0 Å². The molecule has 0 saturated carbocycles. The molecule has 1 aromatic rings. The van der Waals surface area contributed by atoms with E-state index in [-0.39, 0.29) is 16.2 Å². The van der Waals surface area contributed by atoms with Gasteiger partial charge in [0.25, 0.3) is 0 Å². The molecule has 0 radical (unpaired) electrons. The van der Waals surface area contributed by atoms with E-state index in [4.69, 9.17) is 0 Å². The van der Waals surface area contributed by atoms with E-state index in [0.29, 0.717) is 18.4 Å². The molecule has 1 aromatic carbocycles. The maximum Gasteiger partial charge on any atom is 0.573 e. The van der Waals surface area contributed by atoms with E-state index in [9.17, 15) is 17.4 Å². The molecule has 1 saturated heterocycles. The number of benzene rings is 1. The number of ether oxygens (including phenoxy) is 1. The Morgan fingerprint density at radius 3 is 2.73 bits per heavy atom. The number of halogens is 3. The van der Waals surface area contributed by atoms with E-state index >= 15 is 0 Å². The summed E-state index contributed by atoms with van der Waals surface area (Å²) in [5, 5.41) is 0.229. The van der Waals surface area contributed by atoms with Crippen LogP contribution in [-0.2, 0) is 17.2 Å². The van der Waals surface area contributed by atoms with Crippen LogP contribution in [0.2, 0.25) is 0 Å². The van der Waals surface area contributed by atoms with E-state index in [1.165, 1.54) is 12.1 Å². The first-order valence-electron chi connectivity index (χ1n) is 7.35. The van der Waals surface area contributed by atoms with Gasteiger partial charge in [0.15, 0.2) is 0 Å². The fraction of sp³-hybridized carbons (Fsp3) is 0.500. The molecule has 0 N–H and O–H groups in total. The second-order valence-corrected chi connectivity index (χ2v) is 7.71. The molecule has 3 rings (SSSR count). The van der Waals surface area contributed by atoms with E-state index in [1.54, 1.807) is 12.1 Å². The quantitative estimate of drug-likeness (QED) is 0.779. The molecule has 2 nitrogen and oxygen atoms in total. The van der Waals surface area contributed by atoms with Crippen LogP contribution in [0.15, 0.2) is 35.9 Å². The number of hydrogen-bond donors (Lipinski definition) is 0. The van der Waals surface area contributed by atoms with Crippen molar-refractivity contribution in [3.8, 4) is 5.75 Å². The molecule has 22 heavy (non-hydrogen) atoms. The van der Waals surface area contributed by atoms with E-state index in [2.05, 4.69) is 4.74 Å². The molecule has 2 aliphatic rings. The van der Waals surface area contributed by atoms with Gasteiger partial charge in [-0.15, -0.1) is 13.2 Å². The molecule has 3 unspecified atom stereocenters. The first-order valence-corrected chi connectivity index (χ1v) is 8.62. The monoisotopic (exact) mass is 330 g/mol. The van der Waals surface area contributed by atoms with E-state index in [1.807, 2.05) is 6.08 Å². The van der Waals surface area contributed by atoms with Crippen molar-refractivity contribution in [2.75, 3.05) is 0 Å². The Balaban J connectivity index is 1.80. The highest BCUT2D eigenvalue weighted by Crippen LogP contribution is 2.36. The van der Waals surface area contributed by atoms with Crippen molar-refractivity contribution < 1.29 is 22.1 Å². The van der Waals surface area contributed by atoms with Crippen LogP contribution in [0.4, 0.5) is 13.2 Å². The zero-order valence-corrected chi connectivity index (χ0v) is 12.8. The van der Waals surface area contributed by atoms with Gasteiger partial charge in [-0.3, -0.25) is 4.21 Å². The Kier molecular flexibility index (Phi) is 4.30. The fourth-order valence-corrected chi connectivity index (χ4v) is 5.23. The topological polar surface area (TPSA) is 26.3 Å². The molecule has 1 fully saturated rings. The van der Waals surface area contributed by atoms with Crippen molar-refractivity contribution in [2.24, 2.45) is 0 Å². The molecule has 120 valence electrons. The molecule has 0 spiro atoms. The maximum atomic E-state index is 12.5. The van der Waals surface area contributed by atoms with Crippen LogP contribution in [0.25, 0.3) is 0 Å². The summed E-state index contributed by atoms with van der Waals surface area (Å²) in [4.78, 5) is 0. The summed E-state index contributed by atoms with van der Waals surface area (Å²) >= 11 is 0. The zero-order valence-electron chi connectivity index (χ0n) is 11.9. The Labute approximate surface area is 129 Å². The molecule has 0 amide bonds. The molecular weight excluding hydrogens is 313 g/mol. The highest BCUT2D eigenvalue weighted by Gasteiger charge is 2.34. The SMILES string of the molecule is O=S1C2C=C(Cc3ccccc3OC(F)(F)F)CC1CCC2. The summed E-state index contributed by atoms with van der Waals surface area (Å²) in [5.74, 6) is -0.146. The van der Waals surface area contributed by atoms with Crippen molar-refractivity contribution in [3.05, 3.63) is 41.5 Å². The second-order valence-electron chi connectivity index (χ2n) is 5.78. The molecule has 3 atom stereocenters. The maximum absolute atomic E-state index is 12.5. The predicted octanol–water partition coefficient (Wildman–Crippen LogP) is 4.13. The zero-order chi connectivity index (χ0) is 15.7. The van der Waals surface area contributed by atoms with E-state index in [0.717, 1.165) is 24.8 Å². The minimum absolute atomic E-state index is 0.0678. The first-order chi connectivity index (χ1) is 10.4. The van der Waals surface area contributed by atoms with Crippen molar-refractivity contribution in [1.29, 1.82) is 0 Å². The van der Waals surface area contributed by atoms with Crippen molar-refractivity contribution in [1.82, 2.24) is 0 Å². The molecular formula is C16H17F3O2S. The highest BCUT2D eigenvalue weighted by molar-refractivity contribution is 7.86. The lowest BCUT2D eigenvalue weighted by molar-refractivity contribution is -0.274. The number of para-hydroxylation sites is 1. The van der Waals surface area contributed by atoms with Gasteiger partial charge in [0, 0.05) is 16.0 Å². The van der Waals surface area contributed by atoms with Crippen LogP contribution in [0, 0.1) is 0 Å². The molecule has 2 heterocycles. The lowest BCUT2D eigenvalue weighted by atomic mass is 9.93. The predicted molar refractivity (Wildman–Crippen MR) is 79.1 cm³/mol. The van der Waals surface area contributed by atoms with Crippen molar-refractivity contribution in [3.63, 3.8) is 0 Å². The minimum Gasteiger partial charge on any atom is -0.405 e. The third kappa shape index (κ3) is 3.54. The van der Waals surface area contributed by atoms with Gasteiger partial charge in [-0.2, -0.15) is 0 Å². The van der Waals surface area contributed by atoms with Gasteiger partial charge in [0.2, 0.25) is 0 Å². The van der Waals surface area contributed by atoms with Crippen LogP contribution in [0.1, 0.15) is 31.2 Å². The Bertz CT molecular complexity index is 610. The fourth-order valence-electron chi connectivity index (χ4n) is 3.23. The van der Waals surface area contributed by atoms with Gasteiger partial charge in [-0.05, 0) is 37.3 Å². The van der Waals surface area contributed by atoms with Crippen molar-refractivity contribution in [2.45, 2.75) is 49.0 Å². The number of rotatable bonds is 3. The lowest BCUT2D eigenvalue weighted by Crippen LogP contribution is -2.34. The van der Waals surface area contributed by atoms with Gasteiger partial charge < -0.3 is 4.74 Å². The van der Waals surface area contributed by atoms with E-state index < -0.39 is 17.2 Å². The molecule has 0 aromatic heterocycles. The normalized spacial score (nSPS) is 28.1. The van der Waals surface area contributed by atoms with Crippen LogP contribution in [0.5, 0.6) is 5.75 Å². The smallest absolute Gasteiger partial charge is 0.405 e. The summed E-state index contributed by atoms with van der Waals surface area (Å²) in [7, 11) is -0.824. The van der Waals surface area contributed by atoms with Gasteiger partial charge in [0.1, 0.15) is 5.75 Å². The summed E-state index contributed by atoms with van der Waals surface area (Å²) in [6.07, 6.45) is 1.40. The molecule has 6 heteroatoms. The van der Waals surface area contributed by atoms with Gasteiger partial charge >= 0.3 is 6.36 Å². The summed E-state index contributed by atoms with van der Waals surface area (Å²) in [6, 6.07) is 6.24. The highest BCUT2D eigenvalue weighted by atomic mass is 32.2. The summed E-state index contributed by atoms with van der Waals surface area (Å²) < 4.78 is 53.6. The number of allylic oxidation sites excluding steroid dienone is 1. The summed E-state index contributed by atoms with van der Waals surface area (Å²) in [6.45, 7) is 0. The van der Waals surface area contributed by atoms with Crippen LogP contribution in [0.3, 0.4) is 0 Å². The standard InChI is InChI=1S/C16H17F3O2S/c17-16(18,19)21-15-7-2-1-4-12(15)8-11-9-13-5-3-6-14(10-11)22(13)20/h1-2,4,7,9,13-14H,3,5-6,8,10H2. The van der Waals surface area contributed by atoms with Crippen LogP contribution in [-0.4, -0.2) is 21.1 Å².